The SMILES string of the molecule is CNc1nc(COC)nc(C2CC2)c1I. The van der Waals surface area contributed by atoms with Crippen molar-refractivity contribution >= 4 is 28.4 Å². The molecule has 1 aliphatic carbocycles. The summed E-state index contributed by atoms with van der Waals surface area (Å²) in [6.07, 6.45) is 2.51. The number of hydrogen-bond acceptors (Lipinski definition) is 4. The summed E-state index contributed by atoms with van der Waals surface area (Å²) in [6.45, 7) is 0.478. The molecular weight excluding hydrogens is 305 g/mol. The van der Waals surface area contributed by atoms with E-state index in [9.17, 15) is 0 Å². The Morgan fingerprint density at radius 3 is 2.73 bits per heavy atom. The zero-order valence-electron chi connectivity index (χ0n) is 8.88. The van der Waals surface area contributed by atoms with Crippen LogP contribution in [0, 0.1) is 3.57 Å². The van der Waals surface area contributed by atoms with Crippen molar-refractivity contribution in [1.29, 1.82) is 0 Å². The first-order valence-electron chi connectivity index (χ1n) is 4.99. The van der Waals surface area contributed by atoms with E-state index in [1.54, 1.807) is 7.11 Å². The highest BCUT2D eigenvalue weighted by atomic mass is 127. The lowest BCUT2D eigenvalue weighted by Gasteiger charge is -2.09. The van der Waals surface area contributed by atoms with E-state index in [1.807, 2.05) is 7.05 Å². The van der Waals surface area contributed by atoms with Crippen molar-refractivity contribution in [3.05, 3.63) is 15.1 Å². The fourth-order valence-corrected chi connectivity index (χ4v) is 2.45. The Balaban J connectivity index is 2.38. The molecule has 0 aromatic carbocycles. The molecule has 0 radical (unpaired) electrons. The summed E-state index contributed by atoms with van der Waals surface area (Å²) >= 11 is 2.31. The van der Waals surface area contributed by atoms with Gasteiger partial charge in [-0.15, -0.1) is 0 Å². The van der Waals surface area contributed by atoms with Gasteiger partial charge in [-0.05, 0) is 35.4 Å². The molecule has 1 heterocycles. The Kier molecular flexibility index (Phi) is 3.40. The largest absolute Gasteiger partial charge is 0.377 e. The second-order valence-electron chi connectivity index (χ2n) is 3.64. The summed E-state index contributed by atoms with van der Waals surface area (Å²) in [6, 6.07) is 0. The molecule has 15 heavy (non-hydrogen) atoms. The monoisotopic (exact) mass is 319 g/mol. The minimum atomic E-state index is 0.478. The van der Waals surface area contributed by atoms with Crippen LogP contribution in [0.25, 0.3) is 0 Å². The van der Waals surface area contributed by atoms with Crippen molar-refractivity contribution in [2.24, 2.45) is 0 Å². The van der Waals surface area contributed by atoms with Gasteiger partial charge in [0.1, 0.15) is 12.4 Å². The summed E-state index contributed by atoms with van der Waals surface area (Å²) < 4.78 is 6.22. The first-order chi connectivity index (χ1) is 7.26. The molecule has 1 fully saturated rings. The average Bonchev–Trinajstić information content (AvgIpc) is 3.04. The van der Waals surface area contributed by atoms with Gasteiger partial charge in [0.15, 0.2) is 5.82 Å². The number of halogens is 1. The van der Waals surface area contributed by atoms with Gasteiger partial charge in [0.25, 0.3) is 0 Å². The predicted molar refractivity (Wildman–Crippen MR) is 67.0 cm³/mol. The van der Waals surface area contributed by atoms with Crippen molar-refractivity contribution in [2.75, 3.05) is 19.5 Å². The lowest BCUT2D eigenvalue weighted by Crippen LogP contribution is -2.07. The maximum atomic E-state index is 5.07. The van der Waals surface area contributed by atoms with Gasteiger partial charge in [0, 0.05) is 20.1 Å². The molecule has 0 amide bonds. The third-order valence-corrected chi connectivity index (χ3v) is 3.46. The van der Waals surface area contributed by atoms with Crippen LogP contribution in [0.3, 0.4) is 0 Å². The number of aromatic nitrogens is 2. The van der Waals surface area contributed by atoms with E-state index in [2.05, 4.69) is 37.9 Å². The highest BCUT2D eigenvalue weighted by Crippen LogP contribution is 2.42. The third kappa shape index (κ3) is 2.39. The Hall–Kier alpha value is -0.430. The molecule has 0 bridgehead atoms. The molecule has 0 unspecified atom stereocenters. The van der Waals surface area contributed by atoms with Crippen LogP contribution >= 0.6 is 22.6 Å². The topological polar surface area (TPSA) is 47.0 Å². The minimum absolute atomic E-state index is 0.478. The molecule has 0 aliphatic heterocycles. The number of methoxy groups -OCH3 is 1. The highest BCUT2D eigenvalue weighted by molar-refractivity contribution is 14.1. The van der Waals surface area contributed by atoms with Crippen LogP contribution in [-0.2, 0) is 11.3 Å². The number of anilines is 1. The quantitative estimate of drug-likeness (QED) is 0.864. The molecule has 4 nitrogen and oxygen atoms in total. The van der Waals surface area contributed by atoms with Crippen LogP contribution < -0.4 is 5.32 Å². The van der Waals surface area contributed by atoms with Gasteiger partial charge in [-0.2, -0.15) is 0 Å². The maximum absolute atomic E-state index is 5.07. The van der Waals surface area contributed by atoms with Crippen LogP contribution in [0.4, 0.5) is 5.82 Å². The molecule has 0 saturated heterocycles. The lowest BCUT2D eigenvalue weighted by atomic mass is 10.2. The normalized spacial score (nSPS) is 15.4. The van der Waals surface area contributed by atoms with Crippen LogP contribution in [0.2, 0.25) is 0 Å². The summed E-state index contributed by atoms with van der Waals surface area (Å²) in [4.78, 5) is 8.95. The van der Waals surface area contributed by atoms with Crippen LogP contribution in [-0.4, -0.2) is 24.1 Å². The third-order valence-electron chi connectivity index (χ3n) is 2.40. The van der Waals surface area contributed by atoms with Gasteiger partial charge in [0.2, 0.25) is 0 Å². The molecule has 1 aliphatic rings. The van der Waals surface area contributed by atoms with E-state index in [0.717, 1.165) is 15.2 Å². The first-order valence-corrected chi connectivity index (χ1v) is 6.07. The van der Waals surface area contributed by atoms with Gasteiger partial charge in [-0.1, -0.05) is 0 Å². The van der Waals surface area contributed by atoms with Crippen molar-refractivity contribution in [3.63, 3.8) is 0 Å². The Morgan fingerprint density at radius 1 is 1.47 bits per heavy atom. The molecule has 2 rings (SSSR count). The maximum Gasteiger partial charge on any atom is 0.156 e. The van der Waals surface area contributed by atoms with Crippen molar-refractivity contribution in [2.45, 2.75) is 25.4 Å². The van der Waals surface area contributed by atoms with Crippen LogP contribution in [0.15, 0.2) is 0 Å². The molecule has 1 N–H and O–H groups in total. The van der Waals surface area contributed by atoms with Crippen LogP contribution in [0.5, 0.6) is 0 Å². The summed E-state index contributed by atoms with van der Waals surface area (Å²) in [5.74, 6) is 2.33. The summed E-state index contributed by atoms with van der Waals surface area (Å²) in [5, 5.41) is 3.10. The van der Waals surface area contributed by atoms with E-state index < -0.39 is 0 Å². The molecule has 0 spiro atoms. The molecule has 82 valence electrons. The van der Waals surface area contributed by atoms with E-state index in [1.165, 1.54) is 18.5 Å². The van der Waals surface area contributed by atoms with E-state index in [4.69, 9.17) is 4.74 Å². The molecule has 1 aromatic heterocycles. The van der Waals surface area contributed by atoms with Crippen molar-refractivity contribution in [1.82, 2.24) is 9.97 Å². The predicted octanol–water partition coefficient (Wildman–Crippen LogP) is 2.15. The van der Waals surface area contributed by atoms with Gasteiger partial charge >= 0.3 is 0 Å². The standard InChI is InChI=1S/C10H14IN3O/c1-12-10-8(11)9(6-3-4-6)13-7(14-10)5-15-2/h6H,3-5H2,1-2H3,(H,12,13,14). The number of nitrogens with one attached hydrogen (secondary N) is 1. The average molecular weight is 319 g/mol. The molecule has 1 saturated carbocycles. The molecule has 5 heteroatoms. The highest BCUT2D eigenvalue weighted by Gasteiger charge is 2.29. The molecule has 1 aromatic rings. The zero-order chi connectivity index (χ0) is 10.8. The van der Waals surface area contributed by atoms with Gasteiger partial charge < -0.3 is 10.1 Å². The number of rotatable bonds is 4. The Labute approximate surface area is 103 Å². The second-order valence-corrected chi connectivity index (χ2v) is 4.72. The number of hydrogen-bond donors (Lipinski definition) is 1. The number of ether oxygens (including phenoxy) is 1. The fourth-order valence-electron chi connectivity index (χ4n) is 1.50. The van der Waals surface area contributed by atoms with Crippen molar-refractivity contribution in [3.8, 4) is 0 Å². The molecular formula is C10H14IN3O. The Morgan fingerprint density at radius 2 is 2.20 bits per heavy atom. The van der Waals surface area contributed by atoms with Gasteiger partial charge in [-0.25, -0.2) is 9.97 Å². The van der Waals surface area contributed by atoms with Gasteiger partial charge in [-0.3, -0.25) is 0 Å². The lowest BCUT2D eigenvalue weighted by molar-refractivity contribution is 0.177. The second kappa shape index (κ2) is 4.61. The number of nitrogens with zero attached hydrogens (tertiary/aromatic N) is 2. The minimum Gasteiger partial charge on any atom is -0.377 e. The zero-order valence-corrected chi connectivity index (χ0v) is 11.0. The fraction of sp³-hybridized carbons (Fsp3) is 0.600. The van der Waals surface area contributed by atoms with E-state index in [-0.39, 0.29) is 0 Å². The van der Waals surface area contributed by atoms with E-state index >= 15 is 0 Å². The Bertz CT molecular complexity index is 366. The van der Waals surface area contributed by atoms with E-state index in [0.29, 0.717) is 12.5 Å². The summed E-state index contributed by atoms with van der Waals surface area (Å²) in [7, 11) is 3.55. The molecule has 0 atom stereocenters. The smallest absolute Gasteiger partial charge is 0.156 e. The first kappa shape index (κ1) is 11.1. The summed E-state index contributed by atoms with van der Waals surface area (Å²) in [5.41, 5.74) is 1.18. The van der Waals surface area contributed by atoms with Crippen LogP contribution in [0.1, 0.15) is 30.3 Å². The van der Waals surface area contributed by atoms with Crippen molar-refractivity contribution < 1.29 is 4.74 Å². The van der Waals surface area contributed by atoms with Gasteiger partial charge in [0.05, 0.1) is 9.26 Å².